The van der Waals surface area contributed by atoms with Crippen molar-refractivity contribution >= 4 is 0 Å². The van der Waals surface area contributed by atoms with E-state index in [1.807, 2.05) is 0 Å². The van der Waals surface area contributed by atoms with Crippen molar-refractivity contribution < 1.29 is 9.66 Å². The van der Waals surface area contributed by atoms with Gasteiger partial charge in [-0.3, -0.25) is 15.1 Å². The predicted molar refractivity (Wildman–Crippen MR) is 55.5 cm³/mol. The van der Waals surface area contributed by atoms with E-state index in [4.69, 9.17) is 4.74 Å². The van der Waals surface area contributed by atoms with Gasteiger partial charge in [0.25, 0.3) is 0 Å². The third kappa shape index (κ3) is 2.90. The highest BCUT2D eigenvalue weighted by atomic mass is 16.6. The van der Waals surface area contributed by atoms with E-state index in [0.717, 1.165) is 5.69 Å². The van der Waals surface area contributed by atoms with Crippen LogP contribution in [-0.4, -0.2) is 22.1 Å². The molecule has 1 rings (SSSR count). The van der Waals surface area contributed by atoms with Gasteiger partial charge >= 0.3 is 0 Å². The summed E-state index contributed by atoms with van der Waals surface area (Å²) in [5.41, 5.74) is -0.348. The van der Waals surface area contributed by atoms with Crippen molar-refractivity contribution in [3.63, 3.8) is 0 Å². The first-order valence-electron chi connectivity index (χ1n) is 4.62. The molecule has 1 aromatic rings. The zero-order valence-corrected chi connectivity index (χ0v) is 9.06. The summed E-state index contributed by atoms with van der Waals surface area (Å²) in [6.07, 6.45) is 1.65. The van der Waals surface area contributed by atoms with E-state index in [2.05, 4.69) is 4.98 Å². The van der Waals surface area contributed by atoms with E-state index in [1.54, 1.807) is 25.3 Å². The number of aromatic nitrogens is 1. The topological polar surface area (TPSA) is 65.3 Å². The highest BCUT2D eigenvalue weighted by molar-refractivity contribution is 5.25. The molecule has 1 aromatic heterocycles. The first-order chi connectivity index (χ1) is 6.93. The van der Waals surface area contributed by atoms with Gasteiger partial charge < -0.3 is 4.74 Å². The minimum atomic E-state index is -1.08. The summed E-state index contributed by atoms with van der Waals surface area (Å²) in [5.74, 6) is 0.590. The zero-order valence-electron chi connectivity index (χ0n) is 9.06. The van der Waals surface area contributed by atoms with Gasteiger partial charge in [-0.05, 0) is 19.1 Å². The van der Waals surface area contributed by atoms with Gasteiger partial charge in [0.15, 0.2) is 6.61 Å². The molecule has 0 unspecified atom stereocenters. The Morgan fingerprint density at radius 1 is 1.60 bits per heavy atom. The fourth-order valence-electron chi connectivity index (χ4n) is 0.929. The second-order valence-electron chi connectivity index (χ2n) is 3.95. The molecule has 0 aliphatic heterocycles. The van der Waals surface area contributed by atoms with E-state index in [1.165, 1.54) is 13.8 Å². The third-order valence-electron chi connectivity index (χ3n) is 2.03. The Balaban J connectivity index is 2.66. The number of hydrogen-bond acceptors (Lipinski definition) is 4. The second kappa shape index (κ2) is 4.25. The van der Waals surface area contributed by atoms with Crippen molar-refractivity contribution in [3.05, 3.63) is 34.1 Å². The van der Waals surface area contributed by atoms with Gasteiger partial charge in [-0.25, -0.2) is 0 Å². The number of ether oxygens (including phenoxy) is 1. The molecule has 0 aromatic carbocycles. The molecule has 0 aliphatic carbocycles. The molecule has 0 atom stereocenters. The van der Waals surface area contributed by atoms with Crippen LogP contribution in [0.5, 0.6) is 5.75 Å². The molecule has 1 heterocycles. The lowest BCUT2D eigenvalue weighted by molar-refractivity contribution is -0.562. The predicted octanol–water partition coefficient (Wildman–Crippen LogP) is 1.82. The van der Waals surface area contributed by atoms with Crippen LogP contribution in [0.25, 0.3) is 0 Å². The lowest BCUT2D eigenvalue weighted by Crippen LogP contribution is -2.37. The van der Waals surface area contributed by atoms with Crippen molar-refractivity contribution in [2.45, 2.75) is 26.3 Å². The van der Waals surface area contributed by atoms with Crippen LogP contribution in [-0.2, 0) is 0 Å². The molecule has 0 saturated carbocycles. The van der Waals surface area contributed by atoms with Crippen LogP contribution in [0.3, 0.4) is 0 Å². The number of pyridine rings is 1. The molecule has 0 N–H and O–H groups in total. The Hall–Kier alpha value is -1.65. The molecule has 0 bridgehead atoms. The van der Waals surface area contributed by atoms with Gasteiger partial charge in [-0.15, -0.1) is 0 Å². The SMILES string of the molecule is Cc1ncccc1OCC(C)(C)[N+](=O)[O-]. The Labute approximate surface area is 88.2 Å². The van der Waals surface area contributed by atoms with Crippen LogP contribution < -0.4 is 4.74 Å². The molecule has 0 aliphatic rings. The second-order valence-corrected chi connectivity index (χ2v) is 3.95. The van der Waals surface area contributed by atoms with E-state index in [0.29, 0.717) is 5.75 Å². The van der Waals surface area contributed by atoms with E-state index in [9.17, 15) is 10.1 Å². The summed E-state index contributed by atoms with van der Waals surface area (Å²) < 4.78 is 5.36. The normalized spacial score (nSPS) is 11.1. The summed E-state index contributed by atoms with van der Waals surface area (Å²) in [4.78, 5) is 14.3. The maximum absolute atomic E-state index is 10.6. The van der Waals surface area contributed by atoms with Crippen molar-refractivity contribution in [2.75, 3.05) is 6.61 Å². The first kappa shape index (κ1) is 11.4. The Bertz CT molecular complexity index is 363. The molecular weight excluding hydrogens is 196 g/mol. The Morgan fingerprint density at radius 3 is 2.80 bits per heavy atom. The lowest BCUT2D eigenvalue weighted by Gasteiger charge is -2.16. The summed E-state index contributed by atoms with van der Waals surface area (Å²) in [7, 11) is 0. The molecule has 15 heavy (non-hydrogen) atoms. The van der Waals surface area contributed by atoms with Gasteiger partial charge in [0.05, 0.1) is 5.69 Å². The van der Waals surface area contributed by atoms with Crippen molar-refractivity contribution in [1.82, 2.24) is 4.98 Å². The summed E-state index contributed by atoms with van der Waals surface area (Å²) in [6, 6.07) is 3.49. The van der Waals surface area contributed by atoms with Gasteiger partial charge in [-0.2, -0.15) is 0 Å². The molecule has 5 nitrogen and oxygen atoms in total. The van der Waals surface area contributed by atoms with Crippen LogP contribution in [0, 0.1) is 17.0 Å². The molecule has 0 fully saturated rings. The van der Waals surface area contributed by atoms with Gasteiger partial charge in [0.1, 0.15) is 5.75 Å². The Morgan fingerprint density at radius 2 is 2.27 bits per heavy atom. The van der Waals surface area contributed by atoms with Crippen LogP contribution in [0.2, 0.25) is 0 Å². The van der Waals surface area contributed by atoms with Gasteiger partial charge in [-0.1, -0.05) is 0 Å². The minimum absolute atomic E-state index is 0.0343. The van der Waals surface area contributed by atoms with Crippen molar-refractivity contribution in [2.24, 2.45) is 0 Å². The molecule has 0 radical (unpaired) electrons. The molecule has 0 saturated heterocycles. The Kier molecular flexibility index (Phi) is 3.24. The third-order valence-corrected chi connectivity index (χ3v) is 2.03. The molecule has 0 spiro atoms. The zero-order chi connectivity index (χ0) is 11.5. The van der Waals surface area contributed by atoms with E-state index < -0.39 is 5.54 Å². The average molecular weight is 210 g/mol. The summed E-state index contributed by atoms with van der Waals surface area (Å²) in [5, 5.41) is 10.6. The monoisotopic (exact) mass is 210 g/mol. The molecule has 0 amide bonds. The highest BCUT2D eigenvalue weighted by Gasteiger charge is 2.31. The average Bonchev–Trinajstić information content (AvgIpc) is 2.16. The molecule has 5 heteroatoms. The smallest absolute Gasteiger partial charge is 0.250 e. The number of aryl methyl sites for hydroxylation is 1. The fourth-order valence-corrected chi connectivity index (χ4v) is 0.929. The number of nitro groups is 1. The highest BCUT2D eigenvalue weighted by Crippen LogP contribution is 2.16. The van der Waals surface area contributed by atoms with Crippen LogP contribution >= 0.6 is 0 Å². The van der Waals surface area contributed by atoms with E-state index >= 15 is 0 Å². The summed E-state index contributed by atoms with van der Waals surface area (Å²) >= 11 is 0. The van der Waals surface area contributed by atoms with Gasteiger partial charge in [0.2, 0.25) is 5.54 Å². The van der Waals surface area contributed by atoms with Crippen LogP contribution in [0.4, 0.5) is 0 Å². The largest absolute Gasteiger partial charge is 0.484 e. The maximum atomic E-state index is 10.6. The van der Waals surface area contributed by atoms with Crippen LogP contribution in [0.1, 0.15) is 19.5 Å². The maximum Gasteiger partial charge on any atom is 0.250 e. The number of nitrogens with zero attached hydrogens (tertiary/aromatic N) is 2. The quantitative estimate of drug-likeness (QED) is 0.561. The number of hydrogen-bond donors (Lipinski definition) is 0. The lowest BCUT2D eigenvalue weighted by atomic mass is 10.1. The molecular formula is C10H14N2O3. The minimum Gasteiger partial charge on any atom is -0.484 e. The first-order valence-corrected chi connectivity index (χ1v) is 4.62. The van der Waals surface area contributed by atoms with Gasteiger partial charge in [0, 0.05) is 25.0 Å². The van der Waals surface area contributed by atoms with E-state index in [-0.39, 0.29) is 11.5 Å². The molecule has 82 valence electrons. The standard InChI is InChI=1S/C10H14N2O3/c1-8-9(5-4-6-11-8)15-7-10(2,3)12(13)14/h4-6H,7H2,1-3H3. The van der Waals surface area contributed by atoms with Crippen molar-refractivity contribution in [3.8, 4) is 5.75 Å². The van der Waals surface area contributed by atoms with Crippen molar-refractivity contribution in [1.29, 1.82) is 0 Å². The fraction of sp³-hybridized carbons (Fsp3) is 0.500. The number of rotatable bonds is 4. The van der Waals surface area contributed by atoms with Crippen LogP contribution in [0.15, 0.2) is 18.3 Å². The summed E-state index contributed by atoms with van der Waals surface area (Å²) in [6.45, 7) is 4.89.